The van der Waals surface area contributed by atoms with Crippen molar-refractivity contribution in [3.05, 3.63) is 21.9 Å². The van der Waals surface area contributed by atoms with Crippen molar-refractivity contribution >= 4 is 6.09 Å². The van der Waals surface area contributed by atoms with Gasteiger partial charge in [0.25, 0.3) is 5.56 Å². The Morgan fingerprint density at radius 3 is 2.42 bits per heavy atom. The van der Waals surface area contributed by atoms with Crippen LogP contribution in [0.4, 0.5) is 4.79 Å². The van der Waals surface area contributed by atoms with Gasteiger partial charge in [-0.2, -0.15) is 0 Å². The summed E-state index contributed by atoms with van der Waals surface area (Å²) in [5, 5.41) is 9.86. The predicted octanol–water partition coefficient (Wildman–Crippen LogP) is 2.16. The lowest BCUT2D eigenvalue weighted by atomic mass is 9.95. The monoisotopic (exact) mass is 337 g/mol. The number of rotatable bonds is 2. The molecule has 1 amide bonds. The summed E-state index contributed by atoms with van der Waals surface area (Å²) >= 11 is 0. The van der Waals surface area contributed by atoms with Crippen molar-refractivity contribution in [3.8, 4) is 5.75 Å². The number of hydrogen-bond donors (Lipinski definition) is 1. The zero-order valence-electron chi connectivity index (χ0n) is 15.1. The van der Waals surface area contributed by atoms with Crippen LogP contribution in [0.15, 0.2) is 4.79 Å². The number of aryl methyl sites for hydroxylation is 1. The largest absolute Gasteiger partial charge is 0.502 e. The quantitative estimate of drug-likeness (QED) is 0.894. The van der Waals surface area contributed by atoms with Gasteiger partial charge in [0, 0.05) is 26.1 Å². The van der Waals surface area contributed by atoms with Gasteiger partial charge in [0.1, 0.15) is 11.4 Å². The number of amides is 1. The van der Waals surface area contributed by atoms with Gasteiger partial charge in [0.2, 0.25) is 5.75 Å². The Hall–Kier alpha value is -2.05. The van der Waals surface area contributed by atoms with Gasteiger partial charge in [0.15, 0.2) is 0 Å². The van der Waals surface area contributed by atoms with Crippen LogP contribution in [0.5, 0.6) is 5.75 Å². The first-order valence-electron chi connectivity index (χ1n) is 8.40. The van der Waals surface area contributed by atoms with E-state index in [0.717, 1.165) is 0 Å². The van der Waals surface area contributed by atoms with E-state index in [1.54, 1.807) is 11.9 Å². The Balaban J connectivity index is 2.12. The fourth-order valence-electron chi connectivity index (χ4n) is 2.91. The summed E-state index contributed by atoms with van der Waals surface area (Å²) < 4.78 is 6.82. The Kier molecular flexibility index (Phi) is 5.20. The van der Waals surface area contributed by atoms with Crippen LogP contribution < -0.4 is 5.56 Å². The third-order valence-electron chi connectivity index (χ3n) is 4.22. The number of ether oxygens (including phenoxy) is 1. The second-order valence-electron chi connectivity index (χ2n) is 7.22. The van der Waals surface area contributed by atoms with Crippen LogP contribution in [0, 0.1) is 0 Å². The van der Waals surface area contributed by atoms with Crippen LogP contribution in [0.25, 0.3) is 0 Å². The van der Waals surface area contributed by atoms with Crippen molar-refractivity contribution in [2.75, 3.05) is 13.1 Å². The van der Waals surface area contributed by atoms with Crippen molar-refractivity contribution in [1.82, 2.24) is 14.5 Å². The van der Waals surface area contributed by atoms with Gasteiger partial charge in [0.05, 0.1) is 5.69 Å². The highest BCUT2D eigenvalue weighted by Gasteiger charge is 2.29. The minimum Gasteiger partial charge on any atom is -0.502 e. The van der Waals surface area contributed by atoms with Crippen LogP contribution in [-0.4, -0.2) is 44.3 Å². The lowest BCUT2D eigenvalue weighted by molar-refractivity contribution is 0.0202. The topological polar surface area (TPSA) is 84.7 Å². The third-order valence-corrected chi connectivity index (χ3v) is 4.22. The van der Waals surface area contributed by atoms with Crippen LogP contribution in [0.2, 0.25) is 0 Å². The van der Waals surface area contributed by atoms with Gasteiger partial charge in [-0.15, -0.1) is 0 Å². The van der Waals surface area contributed by atoms with Gasteiger partial charge in [-0.25, -0.2) is 9.78 Å². The zero-order valence-corrected chi connectivity index (χ0v) is 15.1. The number of nitrogens with zero attached hydrogens (tertiary/aromatic N) is 3. The van der Waals surface area contributed by atoms with Crippen LogP contribution in [0.3, 0.4) is 0 Å². The number of likely N-dealkylation sites (tertiary alicyclic amines) is 1. The number of carbonyl (C=O) groups is 1. The molecule has 1 N–H and O–H groups in total. The Bertz CT molecular complexity index is 668. The molecule has 0 saturated carbocycles. The molecule has 0 unspecified atom stereocenters. The molecule has 24 heavy (non-hydrogen) atoms. The summed E-state index contributed by atoms with van der Waals surface area (Å²) in [5.41, 5.74) is -0.485. The normalized spacial score (nSPS) is 16.3. The standard InChI is InChI=1S/C17H27N3O4/c1-6-12-13(21)15(22)19(5)14(18-12)11-7-9-20(10-8-11)16(23)24-17(2,3)4/h11,21H,6-10H2,1-5H3. The molecule has 1 aliphatic heterocycles. The van der Waals surface area contributed by atoms with Crippen molar-refractivity contribution in [3.63, 3.8) is 0 Å². The van der Waals surface area contributed by atoms with Crippen LogP contribution >= 0.6 is 0 Å². The van der Waals surface area contributed by atoms with Gasteiger partial charge >= 0.3 is 6.09 Å². The Morgan fingerprint density at radius 1 is 1.33 bits per heavy atom. The second kappa shape index (κ2) is 6.83. The molecule has 0 bridgehead atoms. The van der Waals surface area contributed by atoms with Crippen molar-refractivity contribution < 1.29 is 14.6 Å². The van der Waals surface area contributed by atoms with E-state index in [1.165, 1.54) is 4.57 Å². The second-order valence-corrected chi connectivity index (χ2v) is 7.22. The maximum atomic E-state index is 12.1. The molecule has 1 aliphatic rings. The molecular formula is C17H27N3O4. The van der Waals surface area contributed by atoms with Gasteiger partial charge < -0.3 is 14.7 Å². The number of aromatic nitrogens is 2. The lowest BCUT2D eigenvalue weighted by Crippen LogP contribution is -2.42. The summed E-state index contributed by atoms with van der Waals surface area (Å²) in [6.07, 6.45) is 1.63. The van der Waals surface area contributed by atoms with E-state index in [0.29, 0.717) is 43.9 Å². The zero-order chi connectivity index (χ0) is 18.1. The molecular weight excluding hydrogens is 310 g/mol. The third kappa shape index (κ3) is 3.88. The summed E-state index contributed by atoms with van der Waals surface area (Å²) in [6, 6.07) is 0. The van der Waals surface area contributed by atoms with E-state index in [2.05, 4.69) is 4.98 Å². The molecule has 0 spiro atoms. The van der Waals surface area contributed by atoms with Gasteiger partial charge in [-0.1, -0.05) is 6.92 Å². The molecule has 1 aromatic heterocycles. The van der Waals surface area contributed by atoms with E-state index >= 15 is 0 Å². The first kappa shape index (κ1) is 18.3. The van der Waals surface area contributed by atoms with E-state index in [-0.39, 0.29) is 17.8 Å². The summed E-state index contributed by atoms with van der Waals surface area (Å²) in [6.45, 7) is 8.53. The van der Waals surface area contributed by atoms with E-state index in [9.17, 15) is 14.7 Å². The molecule has 2 heterocycles. The first-order chi connectivity index (χ1) is 11.1. The molecule has 1 fully saturated rings. The molecule has 7 heteroatoms. The number of piperidine rings is 1. The fraction of sp³-hybridized carbons (Fsp3) is 0.706. The molecule has 1 saturated heterocycles. The molecule has 7 nitrogen and oxygen atoms in total. The van der Waals surface area contributed by atoms with Crippen LogP contribution in [0.1, 0.15) is 58.0 Å². The van der Waals surface area contributed by atoms with Gasteiger partial charge in [-0.05, 0) is 40.0 Å². The minimum absolute atomic E-state index is 0.0901. The number of aromatic hydroxyl groups is 1. The molecule has 0 radical (unpaired) electrons. The molecule has 0 atom stereocenters. The van der Waals surface area contributed by atoms with E-state index in [4.69, 9.17) is 4.74 Å². The average Bonchev–Trinajstić information content (AvgIpc) is 2.52. The first-order valence-corrected chi connectivity index (χ1v) is 8.40. The van der Waals surface area contributed by atoms with Crippen molar-refractivity contribution in [1.29, 1.82) is 0 Å². The smallest absolute Gasteiger partial charge is 0.410 e. The van der Waals surface area contributed by atoms with Crippen molar-refractivity contribution in [2.45, 2.75) is 58.5 Å². The highest BCUT2D eigenvalue weighted by Crippen LogP contribution is 2.28. The van der Waals surface area contributed by atoms with E-state index < -0.39 is 11.2 Å². The minimum atomic E-state index is -0.508. The maximum absolute atomic E-state index is 12.1. The van der Waals surface area contributed by atoms with Crippen LogP contribution in [-0.2, 0) is 18.2 Å². The molecule has 2 rings (SSSR count). The average molecular weight is 337 g/mol. The summed E-state index contributed by atoms with van der Waals surface area (Å²) in [4.78, 5) is 30.4. The Labute approximate surface area is 142 Å². The SMILES string of the molecule is CCc1nc(C2CCN(C(=O)OC(C)(C)C)CC2)n(C)c(=O)c1O. The van der Waals surface area contributed by atoms with Crippen molar-refractivity contribution in [2.24, 2.45) is 7.05 Å². The highest BCUT2D eigenvalue weighted by atomic mass is 16.6. The van der Waals surface area contributed by atoms with E-state index in [1.807, 2.05) is 27.7 Å². The Morgan fingerprint density at radius 2 is 1.92 bits per heavy atom. The predicted molar refractivity (Wildman–Crippen MR) is 90.3 cm³/mol. The fourth-order valence-corrected chi connectivity index (χ4v) is 2.91. The summed E-state index contributed by atoms with van der Waals surface area (Å²) in [5.74, 6) is 0.501. The summed E-state index contributed by atoms with van der Waals surface area (Å²) in [7, 11) is 1.63. The molecule has 1 aromatic rings. The molecule has 0 aromatic carbocycles. The lowest BCUT2D eigenvalue weighted by Gasteiger charge is -2.33. The highest BCUT2D eigenvalue weighted by molar-refractivity contribution is 5.68. The molecule has 134 valence electrons. The molecule has 0 aliphatic carbocycles. The maximum Gasteiger partial charge on any atom is 0.410 e. The van der Waals surface area contributed by atoms with Gasteiger partial charge in [-0.3, -0.25) is 9.36 Å². The number of hydrogen-bond acceptors (Lipinski definition) is 5. The number of carbonyl (C=O) groups excluding carboxylic acids is 1.